The molecule has 192 valence electrons. The molecule has 0 bridgehead atoms. The molecular weight excluding hydrogens is 495 g/mol. The average Bonchev–Trinajstić information content (AvgIpc) is 3.56. The van der Waals surface area contributed by atoms with Gasteiger partial charge in [0.15, 0.2) is 0 Å². The lowest BCUT2D eigenvalue weighted by atomic mass is 10.00. The first kappa shape index (κ1) is 25.5. The topological polar surface area (TPSA) is 59.8 Å². The maximum absolute atomic E-state index is 13.6. The van der Waals surface area contributed by atoms with Crippen molar-refractivity contribution in [2.45, 2.75) is 39.3 Å². The molecule has 0 unspecified atom stereocenters. The normalized spacial score (nSPS) is 11.5. The Morgan fingerprint density at radius 3 is 2.37 bits per heavy atom. The minimum Gasteiger partial charge on any atom is -0.352 e. The predicted molar refractivity (Wildman–Crippen MR) is 151 cm³/mol. The summed E-state index contributed by atoms with van der Waals surface area (Å²) >= 11 is 1.48. The van der Waals surface area contributed by atoms with Gasteiger partial charge in [-0.05, 0) is 61.7 Å². The highest BCUT2D eigenvalue weighted by Crippen LogP contribution is 2.36. The van der Waals surface area contributed by atoms with Crippen LogP contribution < -0.4 is 5.32 Å². The number of carbonyl (C=O) groups is 1. The van der Waals surface area contributed by atoms with Gasteiger partial charge in [-0.2, -0.15) is 5.10 Å². The zero-order valence-corrected chi connectivity index (χ0v) is 22.4. The molecule has 0 aliphatic carbocycles. The second-order valence-corrected chi connectivity index (χ2v) is 11.0. The summed E-state index contributed by atoms with van der Waals surface area (Å²) in [5.41, 5.74) is 6.30. The van der Waals surface area contributed by atoms with Crippen LogP contribution in [0.5, 0.6) is 0 Å². The third-order valence-corrected chi connectivity index (χ3v) is 7.15. The number of aromatic nitrogens is 3. The minimum absolute atomic E-state index is 0.0890. The third kappa shape index (κ3) is 5.58. The van der Waals surface area contributed by atoms with Crippen LogP contribution in [0.2, 0.25) is 0 Å². The van der Waals surface area contributed by atoms with Crippen LogP contribution in [0.4, 0.5) is 4.39 Å². The molecule has 3 aromatic carbocycles. The highest BCUT2D eigenvalue weighted by atomic mass is 32.1. The van der Waals surface area contributed by atoms with E-state index in [1.54, 1.807) is 18.3 Å². The molecule has 2 heterocycles. The lowest BCUT2D eigenvalue weighted by Gasteiger charge is -2.23. The number of rotatable bonds is 7. The van der Waals surface area contributed by atoms with Crippen LogP contribution in [0.25, 0.3) is 33.0 Å². The first-order valence-electron chi connectivity index (χ1n) is 12.5. The molecule has 0 radical (unpaired) electrons. The van der Waals surface area contributed by atoms with Crippen molar-refractivity contribution in [3.63, 3.8) is 0 Å². The van der Waals surface area contributed by atoms with Crippen molar-refractivity contribution < 1.29 is 9.18 Å². The summed E-state index contributed by atoms with van der Waals surface area (Å²) in [4.78, 5) is 17.6. The molecule has 0 spiro atoms. The number of halogens is 1. The van der Waals surface area contributed by atoms with E-state index in [1.165, 1.54) is 23.5 Å². The summed E-state index contributed by atoms with van der Waals surface area (Å²) < 4.78 is 15.6. The smallest absolute Gasteiger partial charge is 0.226 e. The summed E-state index contributed by atoms with van der Waals surface area (Å²) in [6.07, 6.45) is 1.98. The van der Waals surface area contributed by atoms with Crippen molar-refractivity contribution in [3.05, 3.63) is 108 Å². The number of thiazole rings is 1. The highest BCUT2D eigenvalue weighted by molar-refractivity contribution is 7.13. The van der Waals surface area contributed by atoms with Crippen molar-refractivity contribution in [1.29, 1.82) is 0 Å². The fourth-order valence-electron chi connectivity index (χ4n) is 4.41. The zero-order valence-electron chi connectivity index (χ0n) is 21.6. The Bertz CT molecular complexity index is 1550. The quantitative estimate of drug-likeness (QED) is 0.247. The summed E-state index contributed by atoms with van der Waals surface area (Å²) in [5, 5.41) is 10.4. The van der Waals surface area contributed by atoms with Gasteiger partial charge >= 0.3 is 0 Å². The van der Waals surface area contributed by atoms with E-state index in [0.29, 0.717) is 12.2 Å². The van der Waals surface area contributed by atoms with Crippen molar-refractivity contribution >= 4 is 17.2 Å². The van der Waals surface area contributed by atoms with Gasteiger partial charge in [0.25, 0.3) is 0 Å². The third-order valence-electron chi connectivity index (χ3n) is 6.22. The number of benzene rings is 3. The van der Waals surface area contributed by atoms with Crippen LogP contribution in [0.15, 0.2) is 90.4 Å². The first-order chi connectivity index (χ1) is 18.3. The van der Waals surface area contributed by atoms with Crippen LogP contribution in [-0.2, 0) is 23.3 Å². The van der Waals surface area contributed by atoms with Gasteiger partial charge in [-0.25, -0.2) is 9.37 Å². The largest absolute Gasteiger partial charge is 0.352 e. The Morgan fingerprint density at radius 1 is 0.921 bits per heavy atom. The molecule has 5 nitrogen and oxygen atoms in total. The molecular formula is C31H29FN4OS. The second kappa shape index (κ2) is 10.7. The molecule has 0 aliphatic rings. The monoisotopic (exact) mass is 524 g/mol. The molecule has 38 heavy (non-hydrogen) atoms. The molecule has 0 aliphatic heterocycles. The van der Waals surface area contributed by atoms with E-state index in [1.807, 2.05) is 46.5 Å². The number of amides is 1. The van der Waals surface area contributed by atoms with Gasteiger partial charge in [-0.3, -0.25) is 9.48 Å². The molecule has 2 aromatic heterocycles. The summed E-state index contributed by atoms with van der Waals surface area (Å²) in [5.74, 6) is -0.375. The van der Waals surface area contributed by atoms with Gasteiger partial charge in [0.2, 0.25) is 5.91 Å². The SMILES string of the molecule is CC(C)(C)n1ncc(-c2nc(CC(=O)NCc3ccccc3-c3ccccc3)cs2)c1-c1ccc(F)cc1. The van der Waals surface area contributed by atoms with Crippen molar-refractivity contribution in [1.82, 2.24) is 20.1 Å². The van der Waals surface area contributed by atoms with Crippen LogP contribution >= 0.6 is 11.3 Å². The highest BCUT2D eigenvalue weighted by Gasteiger charge is 2.24. The van der Waals surface area contributed by atoms with Crippen LogP contribution in [-0.4, -0.2) is 20.7 Å². The van der Waals surface area contributed by atoms with Crippen LogP contribution in [0.3, 0.4) is 0 Å². The Kier molecular flexibility index (Phi) is 7.20. The fourth-order valence-corrected chi connectivity index (χ4v) is 5.24. The van der Waals surface area contributed by atoms with E-state index in [4.69, 9.17) is 4.98 Å². The summed E-state index contributed by atoms with van der Waals surface area (Å²) in [6, 6.07) is 24.7. The zero-order chi connectivity index (χ0) is 26.7. The Morgan fingerprint density at radius 2 is 1.63 bits per heavy atom. The van der Waals surface area contributed by atoms with E-state index < -0.39 is 0 Å². The summed E-state index contributed by atoms with van der Waals surface area (Å²) in [6.45, 7) is 6.66. The number of carbonyl (C=O) groups excluding carboxylic acids is 1. The Hall–Kier alpha value is -4.10. The maximum Gasteiger partial charge on any atom is 0.226 e. The van der Waals surface area contributed by atoms with E-state index in [9.17, 15) is 9.18 Å². The van der Waals surface area contributed by atoms with Crippen molar-refractivity contribution in [3.8, 4) is 33.0 Å². The molecule has 0 fully saturated rings. The van der Waals surface area contributed by atoms with Gasteiger partial charge < -0.3 is 5.32 Å². The molecule has 1 N–H and O–H groups in total. The van der Waals surface area contributed by atoms with Crippen LogP contribution in [0.1, 0.15) is 32.0 Å². The standard InChI is InChI=1S/C31H29FN4OS/c1-31(2,3)36-29(22-13-15-24(32)16-14-22)27(19-34-36)30-35-25(20-38-30)17-28(37)33-18-23-11-7-8-12-26(23)21-9-5-4-6-10-21/h4-16,19-20H,17-18H2,1-3H3,(H,33,37). The van der Waals surface area contributed by atoms with Gasteiger partial charge in [0.1, 0.15) is 10.8 Å². The van der Waals surface area contributed by atoms with E-state index in [2.05, 4.69) is 49.4 Å². The first-order valence-corrected chi connectivity index (χ1v) is 13.4. The number of hydrogen-bond donors (Lipinski definition) is 1. The maximum atomic E-state index is 13.6. The van der Waals surface area contributed by atoms with Gasteiger partial charge in [-0.1, -0.05) is 54.6 Å². The minimum atomic E-state index is -0.286. The molecule has 5 rings (SSSR count). The second-order valence-electron chi connectivity index (χ2n) is 10.1. The lowest BCUT2D eigenvalue weighted by Crippen LogP contribution is -2.25. The van der Waals surface area contributed by atoms with Crippen LogP contribution in [0, 0.1) is 5.82 Å². The van der Waals surface area contributed by atoms with Gasteiger partial charge in [-0.15, -0.1) is 11.3 Å². The molecule has 0 saturated carbocycles. The molecule has 7 heteroatoms. The Labute approximate surface area is 226 Å². The van der Waals surface area contributed by atoms with E-state index in [-0.39, 0.29) is 23.7 Å². The Balaban J connectivity index is 1.33. The van der Waals surface area contributed by atoms with Crippen molar-refractivity contribution in [2.24, 2.45) is 0 Å². The number of hydrogen-bond acceptors (Lipinski definition) is 4. The number of nitrogens with one attached hydrogen (secondary N) is 1. The molecule has 1 amide bonds. The lowest BCUT2D eigenvalue weighted by molar-refractivity contribution is -0.120. The fraction of sp³-hybridized carbons (Fsp3) is 0.194. The molecule has 5 aromatic rings. The van der Waals surface area contributed by atoms with Crippen molar-refractivity contribution in [2.75, 3.05) is 0 Å². The average molecular weight is 525 g/mol. The number of nitrogens with zero attached hydrogens (tertiary/aromatic N) is 3. The van der Waals surface area contributed by atoms with Gasteiger partial charge in [0, 0.05) is 17.5 Å². The van der Waals surface area contributed by atoms with E-state index >= 15 is 0 Å². The predicted octanol–water partition coefficient (Wildman–Crippen LogP) is 7.09. The molecule has 0 saturated heterocycles. The van der Waals surface area contributed by atoms with E-state index in [0.717, 1.165) is 38.5 Å². The molecule has 0 atom stereocenters. The van der Waals surface area contributed by atoms with Gasteiger partial charge in [0.05, 0.1) is 35.1 Å². The summed E-state index contributed by atoms with van der Waals surface area (Å²) in [7, 11) is 0.